The van der Waals surface area contributed by atoms with Crippen LogP contribution in [0, 0.1) is 32.8 Å². The normalized spacial score (nSPS) is 9.62. The molecule has 0 saturated heterocycles. The molecule has 1 aromatic carbocycles. The molecular weight excluding hydrogens is 310 g/mol. The van der Waals surface area contributed by atoms with Crippen LogP contribution in [-0.4, -0.2) is 30.1 Å². The topological polar surface area (TPSA) is 116 Å². The summed E-state index contributed by atoms with van der Waals surface area (Å²) in [5.41, 5.74) is 0.119. The Hall–Kier alpha value is -3.65. The zero-order valence-corrected chi connectivity index (χ0v) is 12.8. The number of nitro groups is 1. The summed E-state index contributed by atoms with van der Waals surface area (Å²) in [6, 6.07) is 11.8. The molecule has 120 valence electrons. The number of hydrogen-bond donors (Lipinski definition) is 0. The van der Waals surface area contributed by atoms with E-state index in [4.69, 9.17) is 15.3 Å². The first kappa shape index (κ1) is 16.7. The highest BCUT2D eigenvalue weighted by molar-refractivity contribution is 5.65. The fourth-order valence-electron chi connectivity index (χ4n) is 2.05. The van der Waals surface area contributed by atoms with Gasteiger partial charge in [-0.1, -0.05) is 6.07 Å². The molecule has 0 atom stereocenters. The van der Waals surface area contributed by atoms with Gasteiger partial charge in [-0.05, 0) is 24.3 Å². The molecule has 0 fully saturated rings. The minimum atomic E-state index is -0.616. The van der Waals surface area contributed by atoms with Crippen molar-refractivity contribution in [2.24, 2.45) is 0 Å². The van der Waals surface area contributed by atoms with Crippen LogP contribution >= 0.6 is 0 Å². The van der Waals surface area contributed by atoms with Gasteiger partial charge < -0.3 is 9.64 Å². The molecule has 0 aliphatic carbocycles. The Kier molecular flexibility index (Phi) is 5.27. The Morgan fingerprint density at radius 2 is 2.12 bits per heavy atom. The van der Waals surface area contributed by atoms with Crippen molar-refractivity contribution in [3.05, 3.63) is 57.8 Å². The van der Waals surface area contributed by atoms with E-state index in [1.54, 1.807) is 42.3 Å². The monoisotopic (exact) mass is 323 g/mol. The summed E-state index contributed by atoms with van der Waals surface area (Å²) in [5, 5.41) is 29.0. The smallest absolute Gasteiger partial charge is 0.329 e. The van der Waals surface area contributed by atoms with Gasteiger partial charge in [0.05, 0.1) is 23.1 Å². The van der Waals surface area contributed by atoms with E-state index in [2.05, 4.69) is 4.98 Å². The predicted molar refractivity (Wildman–Crippen MR) is 85.5 cm³/mol. The predicted octanol–water partition coefficient (Wildman–Crippen LogP) is 2.25. The molecule has 0 radical (unpaired) electrons. The SMILES string of the molecule is CN(CCOc1cccc(C#N)c1)c1nccc(C#N)c1[N+](=O)[O-]. The second-order valence-electron chi connectivity index (χ2n) is 4.81. The fraction of sp³-hybridized carbons (Fsp3) is 0.188. The van der Waals surface area contributed by atoms with Gasteiger partial charge in [0.1, 0.15) is 24.0 Å². The summed E-state index contributed by atoms with van der Waals surface area (Å²) in [7, 11) is 1.63. The van der Waals surface area contributed by atoms with Gasteiger partial charge in [0.2, 0.25) is 5.82 Å². The average Bonchev–Trinajstić information content (AvgIpc) is 2.60. The number of ether oxygens (including phenoxy) is 1. The highest BCUT2D eigenvalue weighted by Gasteiger charge is 2.23. The van der Waals surface area contributed by atoms with Crippen molar-refractivity contribution in [2.45, 2.75) is 0 Å². The Labute approximate surface area is 138 Å². The van der Waals surface area contributed by atoms with Gasteiger partial charge in [-0.25, -0.2) is 4.98 Å². The maximum atomic E-state index is 11.2. The molecule has 0 saturated carbocycles. The zero-order valence-electron chi connectivity index (χ0n) is 12.8. The van der Waals surface area contributed by atoms with Crippen LogP contribution in [0.25, 0.3) is 0 Å². The van der Waals surface area contributed by atoms with Gasteiger partial charge in [-0.3, -0.25) is 10.1 Å². The van der Waals surface area contributed by atoms with Crippen LogP contribution < -0.4 is 9.64 Å². The van der Waals surface area contributed by atoms with Crippen molar-refractivity contribution >= 4 is 11.5 Å². The molecular formula is C16H13N5O3. The summed E-state index contributed by atoms with van der Waals surface area (Å²) in [6.45, 7) is 0.556. The van der Waals surface area contributed by atoms with E-state index < -0.39 is 4.92 Å². The van der Waals surface area contributed by atoms with E-state index in [0.29, 0.717) is 17.9 Å². The molecule has 0 bridgehead atoms. The molecule has 0 aliphatic rings. The molecule has 2 aromatic rings. The lowest BCUT2D eigenvalue weighted by Crippen LogP contribution is -2.25. The second-order valence-corrected chi connectivity index (χ2v) is 4.81. The largest absolute Gasteiger partial charge is 0.492 e. The summed E-state index contributed by atoms with van der Waals surface area (Å²) in [4.78, 5) is 16.1. The summed E-state index contributed by atoms with van der Waals surface area (Å²) in [6.07, 6.45) is 1.36. The number of aromatic nitrogens is 1. The average molecular weight is 323 g/mol. The number of anilines is 1. The van der Waals surface area contributed by atoms with Crippen LogP contribution in [0.5, 0.6) is 5.75 Å². The van der Waals surface area contributed by atoms with Crippen LogP contribution in [0.1, 0.15) is 11.1 Å². The fourth-order valence-corrected chi connectivity index (χ4v) is 2.05. The molecule has 0 unspecified atom stereocenters. The third kappa shape index (κ3) is 3.76. The maximum absolute atomic E-state index is 11.2. The van der Waals surface area contributed by atoms with Gasteiger partial charge in [0.15, 0.2) is 0 Å². The minimum absolute atomic E-state index is 0.0421. The van der Waals surface area contributed by atoms with E-state index in [1.807, 2.05) is 6.07 Å². The zero-order chi connectivity index (χ0) is 17.5. The standard InChI is InChI=1S/C16H13N5O3/c1-20(7-8-24-14-4-2-3-12(9-14)10-17)16-15(21(22)23)13(11-18)5-6-19-16/h2-6,9H,7-8H2,1H3. The number of likely N-dealkylation sites (N-methyl/N-ethyl adjacent to an activating group) is 1. The van der Waals surface area contributed by atoms with E-state index in [-0.39, 0.29) is 23.7 Å². The number of rotatable bonds is 6. The van der Waals surface area contributed by atoms with Crippen LogP contribution in [0.15, 0.2) is 36.5 Å². The number of hydrogen-bond acceptors (Lipinski definition) is 7. The van der Waals surface area contributed by atoms with Gasteiger partial charge in [-0.15, -0.1) is 0 Å². The Balaban J connectivity index is 2.08. The van der Waals surface area contributed by atoms with Crippen molar-refractivity contribution in [2.75, 3.05) is 25.1 Å². The van der Waals surface area contributed by atoms with Crippen molar-refractivity contribution in [1.82, 2.24) is 4.98 Å². The lowest BCUT2D eigenvalue weighted by Gasteiger charge is -2.18. The molecule has 2 rings (SSSR count). The van der Waals surface area contributed by atoms with E-state index in [1.165, 1.54) is 12.3 Å². The molecule has 0 spiro atoms. The molecule has 8 heteroatoms. The molecule has 0 aliphatic heterocycles. The van der Waals surface area contributed by atoms with Gasteiger partial charge in [0.25, 0.3) is 0 Å². The molecule has 0 amide bonds. The van der Waals surface area contributed by atoms with Gasteiger partial charge >= 0.3 is 5.69 Å². The van der Waals surface area contributed by atoms with E-state index in [9.17, 15) is 10.1 Å². The van der Waals surface area contributed by atoms with Crippen LogP contribution in [0.2, 0.25) is 0 Å². The quantitative estimate of drug-likeness (QED) is 0.591. The summed E-state index contributed by atoms with van der Waals surface area (Å²) >= 11 is 0. The van der Waals surface area contributed by atoms with Crippen molar-refractivity contribution in [1.29, 1.82) is 10.5 Å². The lowest BCUT2D eigenvalue weighted by molar-refractivity contribution is -0.384. The first-order valence-corrected chi connectivity index (χ1v) is 6.94. The molecule has 0 N–H and O–H groups in total. The number of nitrogens with zero attached hydrogens (tertiary/aromatic N) is 5. The van der Waals surface area contributed by atoms with Crippen molar-refractivity contribution in [3.8, 4) is 17.9 Å². The Morgan fingerprint density at radius 1 is 1.33 bits per heavy atom. The first-order chi connectivity index (χ1) is 11.6. The highest BCUT2D eigenvalue weighted by atomic mass is 16.6. The highest BCUT2D eigenvalue weighted by Crippen LogP contribution is 2.28. The molecule has 1 heterocycles. The van der Waals surface area contributed by atoms with Gasteiger partial charge in [-0.2, -0.15) is 10.5 Å². The molecule has 24 heavy (non-hydrogen) atoms. The van der Waals surface area contributed by atoms with E-state index >= 15 is 0 Å². The summed E-state index contributed by atoms with van der Waals surface area (Å²) < 4.78 is 5.54. The van der Waals surface area contributed by atoms with Crippen LogP contribution in [-0.2, 0) is 0 Å². The van der Waals surface area contributed by atoms with Crippen LogP contribution in [0.4, 0.5) is 11.5 Å². The third-order valence-electron chi connectivity index (χ3n) is 3.23. The van der Waals surface area contributed by atoms with Crippen molar-refractivity contribution in [3.63, 3.8) is 0 Å². The van der Waals surface area contributed by atoms with Crippen molar-refractivity contribution < 1.29 is 9.66 Å². The first-order valence-electron chi connectivity index (χ1n) is 6.94. The number of benzene rings is 1. The maximum Gasteiger partial charge on any atom is 0.329 e. The minimum Gasteiger partial charge on any atom is -0.492 e. The lowest BCUT2D eigenvalue weighted by atomic mass is 10.2. The van der Waals surface area contributed by atoms with Gasteiger partial charge in [0, 0.05) is 13.2 Å². The molecule has 1 aromatic heterocycles. The molecule has 8 nitrogen and oxygen atoms in total. The Bertz CT molecular complexity index is 838. The van der Waals surface area contributed by atoms with E-state index in [0.717, 1.165) is 0 Å². The van der Waals surface area contributed by atoms with Crippen LogP contribution in [0.3, 0.4) is 0 Å². The third-order valence-corrected chi connectivity index (χ3v) is 3.23. The number of nitriles is 2. The second kappa shape index (κ2) is 7.56. The number of pyridine rings is 1. The summed E-state index contributed by atoms with van der Waals surface area (Å²) in [5.74, 6) is 0.643. The Morgan fingerprint density at radius 3 is 2.79 bits per heavy atom.